The summed E-state index contributed by atoms with van der Waals surface area (Å²) in [7, 11) is 0. The van der Waals surface area contributed by atoms with Gasteiger partial charge in [-0.1, -0.05) is 6.07 Å². The molecule has 24 heavy (non-hydrogen) atoms. The number of rotatable bonds is 4. The van der Waals surface area contributed by atoms with Crippen LogP contribution in [0.3, 0.4) is 0 Å². The van der Waals surface area contributed by atoms with Crippen LogP contribution in [0, 0.1) is 0 Å². The molecule has 1 atom stereocenters. The van der Waals surface area contributed by atoms with Crippen LogP contribution < -0.4 is 0 Å². The zero-order valence-corrected chi connectivity index (χ0v) is 14.0. The molecule has 3 aromatic rings. The summed E-state index contributed by atoms with van der Waals surface area (Å²) in [6.07, 6.45) is 7.65. The maximum atomic E-state index is 12.6. The molecule has 7 heteroatoms. The fraction of sp³-hybridized carbons (Fsp3) is 0.353. The Hall–Kier alpha value is -2.41. The van der Waals surface area contributed by atoms with Crippen molar-refractivity contribution < 1.29 is 9.21 Å². The first-order chi connectivity index (χ1) is 11.8. The highest BCUT2D eigenvalue weighted by Crippen LogP contribution is 2.25. The number of oxazole rings is 1. The van der Waals surface area contributed by atoms with Crippen LogP contribution in [0.5, 0.6) is 0 Å². The quantitative estimate of drug-likeness (QED) is 0.731. The molecule has 1 amide bonds. The van der Waals surface area contributed by atoms with Gasteiger partial charge in [-0.15, -0.1) is 11.3 Å². The molecule has 0 N–H and O–H groups in total. The molecule has 1 unspecified atom stereocenters. The molecule has 1 fully saturated rings. The van der Waals surface area contributed by atoms with Crippen molar-refractivity contribution in [3.8, 4) is 10.8 Å². The van der Waals surface area contributed by atoms with E-state index in [-0.39, 0.29) is 18.4 Å². The fourth-order valence-electron chi connectivity index (χ4n) is 3.06. The van der Waals surface area contributed by atoms with Gasteiger partial charge < -0.3 is 9.32 Å². The average molecular weight is 342 g/mol. The second-order valence-corrected chi connectivity index (χ2v) is 6.87. The Morgan fingerprint density at radius 1 is 1.42 bits per heavy atom. The highest BCUT2D eigenvalue weighted by Gasteiger charge is 2.25. The van der Waals surface area contributed by atoms with E-state index in [1.165, 1.54) is 0 Å². The predicted molar refractivity (Wildman–Crippen MR) is 90.6 cm³/mol. The van der Waals surface area contributed by atoms with E-state index in [2.05, 4.69) is 10.1 Å². The van der Waals surface area contributed by atoms with Gasteiger partial charge in [-0.3, -0.25) is 9.48 Å². The van der Waals surface area contributed by atoms with E-state index in [0.717, 1.165) is 24.3 Å². The van der Waals surface area contributed by atoms with Crippen molar-refractivity contribution in [2.45, 2.75) is 25.3 Å². The number of hydrogen-bond donors (Lipinski definition) is 0. The number of nitrogens with zero attached hydrogens (tertiary/aromatic N) is 4. The number of hydrogen-bond acceptors (Lipinski definition) is 5. The maximum Gasteiger partial charge on any atom is 0.236 e. The second kappa shape index (κ2) is 6.60. The van der Waals surface area contributed by atoms with E-state index in [0.29, 0.717) is 18.1 Å². The molecule has 1 aliphatic heterocycles. The van der Waals surface area contributed by atoms with E-state index < -0.39 is 0 Å². The molecule has 6 nitrogen and oxygen atoms in total. The molecular weight excluding hydrogens is 324 g/mol. The number of amides is 1. The Morgan fingerprint density at radius 2 is 2.38 bits per heavy atom. The van der Waals surface area contributed by atoms with E-state index in [1.807, 2.05) is 39.4 Å². The Kier molecular flexibility index (Phi) is 4.17. The Balaban J connectivity index is 1.41. The highest BCUT2D eigenvalue weighted by molar-refractivity contribution is 7.13. The number of carbonyl (C=O) groups is 1. The third-order valence-electron chi connectivity index (χ3n) is 4.26. The molecule has 0 spiro atoms. The van der Waals surface area contributed by atoms with Crippen molar-refractivity contribution in [2.75, 3.05) is 13.1 Å². The summed E-state index contributed by atoms with van der Waals surface area (Å²) >= 11 is 1.57. The van der Waals surface area contributed by atoms with Crippen LogP contribution >= 0.6 is 11.3 Å². The van der Waals surface area contributed by atoms with E-state index in [9.17, 15) is 4.79 Å². The normalized spacial score (nSPS) is 18.0. The highest BCUT2D eigenvalue weighted by atomic mass is 32.1. The lowest BCUT2D eigenvalue weighted by molar-refractivity contribution is -0.132. The molecule has 0 aromatic carbocycles. The largest absolute Gasteiger partial charge is 0.444 e. The van der Waals surface area contributed by atoms with Gasteiger partial charge in [-0.25, -0.2) is 4.98 Å². The van der Waals surface area contributed by atoms with Gasteiger partial charge in [0.25, 0.3) is 0 Å². The standard InChI is InChI=1S/C17H18N4O2S/c22-16(10-13-12-23-17(19-13)15-5-2-9-24-15)20-7-1-4-14(11-20)21-8-3-6-18-21/h2-3,5-6,8-9,12,14H,1,4,7,10-11H2. The zero-order chi connectivity index (χ0) is 16.4. The third kappa shape index (κ3) is 3.12. The lowest BCUT2D eigenvalue weighted by Gasteiger charge is -2.32. The molecule has 1 saturated heterocycles. The summed E-state index contributed by atoms with van der Waals surface area (Å²) in [6.45, 7) is 1.50. The minimum atomic E-state index is 0.0953. The number of likely N-dealkylation sites (tertiary alicyclic amines) is 1. The molecule has 0 aliphatic carbocycles. The van der Waals surface area contributed by atoms with Crippen molar-refractivity contribution in [1.29, 1.82) is 0 Å². The van der Waals surface area contributed by atoms with Gasteiger partial charge in [0.15, 0.2) is 0 Å². The van der Waals surface area contributed by atoms with Crippen LogP contribution in [-0.2, 0) is 11.2 Å². The van der Waals surface area contributed by atoms with Crippen LogP contribution in [0.15, 0.2) is 46.7 Å². The Morgan fingerprint density at radius 3 is 3.17 bits per heavy atom. The lowest BCUT2D eigenvalue weighted by Crippen LogP contribution is -2.41. The van der Waals surface area contributed by atoms with Crippen LogP contribution in [0.4, 0.5) is 0 Å². The Bertz CT molecular complexity index is 795. The van der Waals surface area contributed by atoms with E-state index >= 15 is 0 Å². The van der Waals surface area contributed by atoms with Crippen LogP contribution in [0.2, 0.25) is 0 Å². The van der Waals surface area contributed by atoms with Crippen molar-refractivity contribution in [1.82, 2.24) is 19.7 Å². The smallest absolute Gasteiger partial charge is 0.236 e. The first-order valence-corrected chi connectivity index (χ1v) is 8.93. The van der Waals surface area contributed by atoms with Gasteiger partial charge >= 0.3 is 0 Å². The number of thiophene rings is 1. The van der Waals surface area contributed by atoms with Crippen LogP contribution in [-0.4, -0.2) is 38.7 Å². The van der Waals surface area contributed by atoms with E-state index in [1.54, 1.807) is 23.8 Å². The summed E-state index contributed by atoms with van der Waals surface area (Å²) < 4.78 is 7.44. The minimum absolute atomic E-state index is 0.0953. The zero-order valence-electron chi connectivity index (χ0n) is 13.2. The molecule has 0 radical (unpaired) electrons. The predicted octanol–water partition coefficient (Wildman–Crippen LogP) is 3.01. The van der Waals surface area contributed by atoms with E-state index in [4.69, 9.17) is 4.42 Å². The number of carbonyl (C=O) groups excluding carboxylic acids is 1. The summed E-state index contributed by atoms with van der Waals surface area (Å²) in [4.78, 5) is 19.9. The number of piperidine rings is 1. The van der Waals surface area contributed by atoms with Gasteiger partial charge in [-0.05, 0) is 30.4 Å². The van der Waals surface area contributed by atoms with Gasteiger partial charge in [0, 0.05) is 25.5 Å². The molecule has 1 aliphatic rings. The first-order valence-electron chi connectivity index (χ1n) is 8.05. The molecule has 4 heterocycles. The molecule has 0 bridgehead atoms. The average Bonchev–Trinajstić information content (AvgIpc) is 3.36. The summed E-state index contributed by atoms with van der Waals surface area (Å²) in [5, 5.41) is 6.28. The van der Waals surface area contributed by atoms with Crippen molar-refractivity contribution >= 4 is 17.2 Å². The van der Waals surface area contributed by atoms with Gasteiger partial charge in [-0.2, -0.15) is 5.10 Å². The van der Waals surface area contributed by atoms with Gasteiger partial charge in [0.05, 0.1) is 23.0 Å². The SMILES string of the molecule is O=C(Cc1coc(-c2cccs2)n1)N1CCCC(n2cccn2)C1. The molecule has 0 saturated carbocycles. The van der Waals surface area contributed by atoms with Gasteiger partial charge in [0.1, 0.15) is 6.26 Å². The van der Waals surface area contributed by atoms with Crippen molar-refractivity contribution in [3.05, 3.63) is 47.9 Å². The van der Waals surface area contributed by atoms with Gasteiger partial charge in [0.2, 0.25) is 11.8 Å². The third-order valence-corrected chi connectivity index (χ3v) is 5.12. The Labute approximate surface area is 143 Å². The summed E-state index contributed by atoms with van der Waals surface area (Å²) in [5.74, 6) is 0.679. The second-order valence-electron chi connectivity index (χ2n) is 5.92. The maximum absolute atomic E-state index is 12.6. The molecule has 124 valence electrons. The molecular formula is C17H18N4O2S. The summed E-state index contributed by atoms with van der Waals surface area (Å²) in [5.41, 5.74) is 0.685. The summed E-state index contributed by atoms with van der Waals surface area (Å²) in [6, 6.07) is 6.10. The molecule has 3 aromatic heterocycles. The first kappa shape index (κ1) is 15.1. The van der Waals surface area contributed by atoms with Crippen LogP contribution in [0.1, 0.15) is 24.6 Å². The monoisotopic (exact) mass is 342 g/mol. The number of aromatic nitrogens is 3. The minimum Gasteiger partial charge on any atom is -0.444 e. The molecule has 4 rings (SSSR count). The van der Waals surface area contributed by atoms with Crippen molar-refractivity contribution in [2.24, 2.45) is 0 Å². The fourth-order valence-corrected chi connectivity index (χ4v) is 3.72. The van der Waals surface area contributed by atoms with Crippen molar-refractivity contribution in [3.63, 3.8) is 0 Å². The van der Waals surface area contributed by atoms with Crippen LogP contribution in [0.25, 0.3) is 10.8 Å². The topological polar surface area (TPSA) is 64.2 Å². The lowest BCUT2D eigenvalue weighted by atomic mass is 10.1.